The van der Waals surface area contributed by atoms with E-state index in [2.05, 4.69) is 0 Å². The Labute approximate surface area is 94.3 Å². The molecule has 1 aromatic carbocycles. The Morgan fingerprint density at radius 1 is 1.27 bits per heavy atom. The molecule has 2 unspecified atom stereocenters. The summed E-state index contributed by atoms with van der Waals surface area (Å²) >= 11 is 6.08. The van der Waals surface area contributed by atoms with Crippen molar-refractivity contribution < 1.29 is 8.78 Å². The van der Waals surface area contributed by atoms with Crippen LogP contribution >= 0.6 is 11.6 Å². The molecule has 2 atom stereocenters. The van der Waals surface area contributed by atoms with Crippen molar-refractivity contribution in [3.8, 4) is 0 Å². The lowest BCUT2D eigenvalue weighted by molar-refractivity contribution is 0.496. The summed E-state index contributed by atoms with van der Waals surface area (Å²) in [5.74, 6) is -0.765. The van der Waals surface area contributed by atoms with E-state index < -0.39 is 11.6 Å². The molecule has 0 bridgehead atoms. The third-order valence-corrected chi connectivity index (χ3v) is 3.31. The molecule has 84 valence electrons. The van der Waals surface area contributed by atoms with Gasteiger partial charge in [0.25, 0.3) is 0 Å². The normalized spacial score (nSPS) is 15.0. The van der Waals surface area contributed by atoms with Gasteiger partial charge in [-0.15, -0.1) is 11.6 Å². The highest BCUT2D eigenvalue weighted by atomic mass is 35.5. The van der Waals surface area contributed by atoms with Crippen molar-refractivity contribution in [1.82, 2.24) is 0 Å². The number of halogens is 3. The van der Waals surface area contributed by atoms with Gasteiger partial charge >= 0.3 is 0 Å². The lowest BCUT2D eigenvalue weighted by atomic mass is 9.98. The monoisotopic (exact) mass is 232 g/mol. The molecular weight excluding hydrogens is 218 g/mol. The minimum absolute atomic E-state index is 0.0952. The van der Waals surface area contributed by atoms with Gasteiger partial charge in [-0.3, -0.25) is 0 Å². The van der Waals surface area contributed by atoms with Gasteiger partial charge in [-0.2, -0.15) is 0 Å². The second kappa shape index (κ2) is 5.45. The molecular formula is C12H15ClF2. The maximum atomic E-state index is 13.3. The van der Waals surface area contributed by atoms with Crippen molar-refractivity contribution >= 4 is 11.6 Å². The number of hydrogen-bond donors (Lipinski definition) is 0. The fourth-order valence-electron chi connectivity index (χ4n) is 1.38. The third-order valence-electron chi connectivity index (χ3n) is 2.72. The van der Waals surface area contributed by atoms with Crippen LogP contribution in [0.5, 0.6) is 0 Å². The first-order valence-electron chi connectivity index (χ1n) is 5.13. The molecule has 1 rings (SSSR count). The van der Waals surface area contributed by atoms with E-state index in [1.807, 2.05) is 13.8 Å². The summed E-state index contributed by atoms with van der Waals surface area (Å²) < 4.78 is 26.6. The molecule has 0 fully saturated rings. The van der Waals surface area contributed by atoms with Crippen molar-refractivity contribution in [1.29, 1.82) is 0 Å². The molecule has 0 aliphatic carbocycles. The van der Waals surface area contributed by atoms with Gasteiger partial charge in [0.1, 0.15) is 11.6 Å². The standard InChI is InChI=1S/C12H15ClF2/c1-3-8(2)10(13)7-9-11(14)5-4-6-12(9)15/h4-6,8,10H,3,7H2,1-2H3. The summed E-state index contributed by atoms with van der Waals surface area (Å²) in [5, 5.41) is -0.221. The highest BCUT2D eigenvalue weighted by Crippen LogP contribution is 2.22. The number of alkyl halides is 1. The molecule has 0 saturated heterocycles. The first-order chi connectivity index (χ1) is 7.06. The topological polar surface area (TPSA) is 0 Å². The summed E-state index contributed by atoms with van der Waals surface area (Å²) in [5.41, 5.74) is 0.0952. The van der Waals surface area contributed by atoms with Crippen molar-refractivity contribution in [2.45, 2.75) is 32.1 Å². The van der Waals surface area contributed by atoms with Gasteiger partial charge in [0, 0.05) is 10.9 Å². The predicted octanol–water partition coefficient (Wildman–Crippen LogP) is 4.16. The van der Waals surface area contributed by atoms with Gasteiger partial charge in [0.15, 0.2) is 0 Å². The largest absolute Gasteiger partial charge is 0.207 e. The summed E-state index contributed by atoms with van der Waals surface area (Å²) in [6, 6.07) is 3.89. The Hall–Kier alpha value is -0.630. The van der Waals surface area contributed by atoms with Crippen molar-refractivity contribution in [2.75, 3.05) is 0 Å². The molecule has 15 heavy (non-hydrogen) atoms. The molecule has 0 N–H and O–H groups in total. The maximum absolute atomic E-state index is 13.3. The first kappa shape index (κ1) is 12.4. The van der Waals surface area contributed by atoms with Gasteiger partial charge < -0.3 is 0 Å². The van der Waals surface area contributed by atoms with Crippen molar-refractivity contribution in [3.05, 3.63) is 35.4 Å². The fourth-order valence-corrected chi connectivity index (χ4v) is 1.71. The SMILES string of the molecule is CCC(C)C(Cl)Cc1c(F)cccc1F. The average Bonchev–Trinajstić information content (AvgIpc) is 2.22. The lowest BCUT2D eigenvalue weighted by Gasteiger charge is -2.16. The van der Waals surface area contributed by atoms with Gasteiger partial charge in [-0.1, -0.05) is 26.3 Å². The van der Waals surface area contributed by atoms with E-state index in [1.165, 1.54) is 18.2 Å². The van der Waals surface area contributed by atoms with Crippen LogP contribution in [-0.4, -0.2) is 5.38 Å². The number of hydrogen-bond acceptors (Lipinski definition) is 0. The zero-order valence-electron chi connectivity index (χ0n) is 8.93. The Balaban J connectivity index is 2.80. The van der Waals surface area contributed by atoms with E-state index >= 15 is 0 Å². The Bertz CT molecular complexity index is 305. The van der Waals surface area contributed by atoms with E-state index in [4.69, 9.17) is 11.6 Å². The predicted molar refractivity (Wildman–Crippen MR) is 59.2 cm³/mol. The molecule has 0 amide bonds. The van der Waals surface area contributed by atoms with Crippen LogP contribution in [0, 0.1) is 17.6 Å². The minimum atomic E-state index is -0.510. The van der Waals surface area contributed by atoms with E-state index in [0.717, 1.165) is 6.42 Å². The maximum Gasteiger partial charge on any atom is 0.129 e. The average molecular weight is 233 g/mol. The van der Waals surface area contributed by atoms with Crippen LogP contribution in [0.1, 0.15) is 25.8 Å². The van der Waals surface area contributed by atoms with Crippen LogP contribution < -0.4 is 0 Å². The smallest absolute Gasteiger partial charge is 0.129 e. The lowest BCUT2D eigenvalue weighted by Crippen LogP contribution is -2.15. The molecule has 0 saturated carbocycles. The van der Waals surface area contributed by atoms with Crippen LogP contribution in [-0.2, 0) is 6.42 Å². The summed E-state index contributed by atoms with van der Waals surface area (Å²) in [6.07, 6.45) is 1.15. The van der Waals surface area contributed by atoms with Gasteiger partial charge in [-0.05, 0) is 24.5 Å². The molecule has 0 aromatic heterocycles. The Morgan fingerprint density at radius 3 is 2.27 bits per heavy atom. The number of benzene rings is 1. The van der Waals surface area contributed by atoms with Gasteiger partial charge in [0.05, 0.1) is 0 Å². The molecule has 0 aliphatic heterocycles. The van der Waals surface area contributed by atoms with Crippen molar-refractivity contribution in [3.63, 3.8) is 0 Å². The van der Waals surface area contributed by atoms with E-state index in [1.54, 1.807) is 0 Å². The van der Waals surface area contributed by atoms with Gasteiger partial charge in [-0.25, -0.2) is 8.78 Å². The summed E-state index contributed by atoms with van der Waals surface area (Å²) in [4.78, 5) is 0. The van der Waals surface area contributed by atoms with E-state index in [-0.39, 0.29) is 23.3 Å². The number of rotatable bonds is 4. The highest BCUT2D eigenvalue weighted by molar-refractivity contribution is 6.20. The summed E-state index contributed by atoms with van der Waals surface area (Å²) in [7, 11) is 0. The molecule has 0 spiro atoms. The fraction of sp³-hybridized carbons (Fsp3) is 0.500. The minimum Gasteiger partial charge on any atom is -0.207 e. The quantitative estimate of drug-likeness (QED) is 0.684. The third kappa shape index (κ3) is 3.16. The zero-order valence-corrected chi connectivity index (χ0v) is 9.69. The van der Waals surface area contributed by atoms with Crippen LogP contribution in [0.3, 0.4) is 0 Å². The molecule has 3 heteroatoms. The molecule has 0 heterocycles. The molecule has 1 aromatic rings. The van der Waals surface area contributed by atoms with Crippen LogP contribution in [0.15, 0.2) is 18.2 Å². The molecule has 0 nitrogen and oxygen atoms in total. The van der Waals surface area contributed by atoms with E-state index in [0.29, 0.717) is 0 Å². The van der Waals surface area contributed by atoms with E-state index in [9.17, 15) is 8.78 Å². The second-order valence-electron chi connectivity index (χ2n) is 3.81. The second-order valence-corrected chi connectivity index (χ2v) is 4.37. The first-order valence-corrected chi connectivity index (χ1v) is 5.56. The van der Waals surface area contributed by atoms with Crippen LogP contribution in [0.2, 0.25) is 0 Å². The van der Waals surface area contributed by atoms with Gasteiger partial charge in [0.2, 0.25) is 0 Å². The van der Waals surface area contributed by atoms with Crippen LogP contribution in [0.4, 0.5) is 8.78 Å². The zero-order chi connectivity index (χ0) is 11.4. The molecule has 0 radical (unpaired) electrons. The Kier molecular flexibility index (Phi) is 4.52. The highest BCUT2D eigenvalue weighted by Gasteiger charge is 2.17. The van der Waals surface area contributed by atoms with Crippen LogP contribution in [0.25, 0.3) is 0 Å². The summed E-state index contributed by atoms with van der Waals surface area (Å²) in [6.45, 7) is 3.99. The Morgan fingerprint density at radius 2 is 1.80 bits per heavy atom. The van der Waals surface area contributed by atoms with Crippen molar-refractivity contribution in [2.24, 2.45) is 5.92 Å². The molecule has 0 aliphatic rings.